The highest BCUT2D eigenvalue weighted by Crippen LogP contribution is 2.40. The maximum atomic E-state index is 12.6. The van der Waals surface area contributed by atoms with Crippen LogP contribution in [0, 0.1) is 5.41 Å². The summed E-state index contributed by atoms with van der Waals surface area (Å²) in [4.78, 5) is 15.8. The predicted molar refractivity (Wildman–Crippen MR) is 87.1 cm³/mol. The van der Waals surface area contributed by atoms with Gasteiger partial charge in [0.15, 0.2) is 0 Å². The van der Waals surface area contributed by atoms with E-state index in [2.05, 4.69) is 0 Å². The summed E-state index contributed by atoms with van der Waals surface area (Å²) in [5, 5.41) is 2.03. The lowest BCUT2D eigenvalue weighted by Gasteiger charge is -2.50. The van der Waals surface area contributed by atoms with Gasteiger partial charge in [0.25, 0.3) is 0 Å². The second kappa shape index (κ2) is 7.11. The second-order valence-corrected chi connectivity index (χ2v) is 7.35. The molecular weight excluding hydrogens is 298 g/mol. The molecule has 0 aromatic carbocycles. The molecular formula is C17H25NO3S. The second-order valence-electron chi connectivity index (χ2n) is 6.32. The number of nitrogens with zero attached hydrogens (tertiary/aromatic N) is 1. The Morgan fingerprint density at radius 3 is 3.27 bits per heavy atom. The van der Waals surface area contributed by atoms with Crippen LogP contribution in [-0.2, 0) is 20.7 Å². The highest BCUT2D eigenvalue weighted by molar-refractivity contribution is 7.10. The summed E-state index contributed by atoms with van der Waals surface area (Å²) >= 11 is 1.65. The Morgan fingerprint density at radius 2 is 2.50 bits per heavy atom. The molecule has 0 bridgehead atoms. The van der Waals surface area contributed by atoms with E-state index in [4.69, 9.17) is 9.47 Å². The Kier molecular flexibility index (Phi) is 5.16. The van der Waals surface area contributed by atoms with Crippen LogP contribution >= 0.6 is 11.3 Å². The molecule has 4 nitrogen and oxygen atoms in total. The van der Waals surface area contributed by atoms with Gasteiger partial charge in [-0.3, -0.25) is 4.79 Å². The number of fused-ring (bicyclic) bond motifs is 1. The van der Waals surface area contributed by atoms with E-state index >= 15 is 0 Å². The number of likely N-dealkylation sites (tertiary alicyclic amines) is 1. The molecule has 122 valence electrons. The number of hydrogen-bond acceptors (Lipinski definition) is 4. The molecule has 2 aliphatic rings. The van der Waals surface area contributed by atoms with E-state index in [0.717, 1.165) is 50.4 Å². The van der Waals surface area contributed by atoms with Gasteiger partial charge in [-0.05, 0) is 37.6 Å². The Bertz CT molecular complexity index is 490. The molecule has 3 heterocycles. The molecule has 22 heavy (non-hydrogen) atoms. The molecule has 0 aliphatic carbocycles. The lowest BCUT2D eigenvalue weighted by Crippen LogP contribution is -2.58. The minimum absolute atomic E-state index is 0.00236. The standard InChI is InChI=1S/C17H25NO3S/c1-2-20-13-17-7-4-9-21-15(17)6-8-18(12-17)16(19)11-14-5-3-10-22-14/h3,5,10,15H,2,4,6-9,11-13H2,1H3/t15-,17-/m0/s1. The van der Waals surface area contributed by atoms with E-state index in [1.165, 1.54) is 0 Å². The average molecular weight is 323 g/mol. The van der Waals surface area contributed by atoms with Crippen molar-refractivity contribution in [2.75, 3.05) is 32.9 Å². The van der Waals surface area contributed by atoms with Crippen molar-refractivity contribution in [1.82, 2.24) is 4.90 Å². The quantitative estimate of drug-likeness (QED) is 0.836. The zero-order valence-electron chi connectivity index (χ0n) is 13.3. The molecule has 2 saturated heterocycles. The van der Waals surface area contributed by atoms with Gasteiger partial charge in [0.2, 0.25) is 5.91 Å². The highest BCUT2D eigenvalue weighted by atomic mass is 32.1. The van der Waals surface area contributed by atoms with Crippen molar-refractivity contribution in [2.45, 2.75) is 38.7 Å². The van der Waals surface area contributed by atoms with Crippen LogP contribution in [0.2, 0.25) is 0 Å². The van der Waals surface area contributed by atoms with Crippen molar-refractivity contribution in [3.8, 4) is 0 Å². The van der Waals surface area contributed by atoms with E-state index in [0.29, 0.717) is 13.0 Å². The summed E-state index contributed by atoms with van der Waals surface area (Å²) in [6, 6.07) is 4.04. The van der Waals surface area contributed by atoms with E-state index in [1.54, 1.807) is 11.3 Å². The zero-order valence-corrected chi connectivity index (χ0v) is 14.1. The van der Waals surface area contributed by atoms with Gasteiger partial charge in [-0.15, -0.1) is 11.3 Å². The van der Waals surface area contributed by atoms with Gasteiger partial charge in [0, 0.05) is 36.6 Å². The minimum Gasteiger partial charge on any atom is -0.381 e. The molecule has 2 aliphatic heterocycles. The van der Waals surface area contributed by atoms with Crippen LogP contribution in [0.5, 0.6) is 0 Å². The van der Waals surface area contributed by atoms with Gasteiger partial charge in [-0.2, -0.15) is 0 Å². The van der Waals surface area contributed by atoms with Crippen LogP contribution < -0.4 is 0 Å². The Balaban J connectivity index is 1.68. The summed E-state index contributed by atoms with van der Waals surface area (Å²) in [7, 11) is 0. The maximum Gasteiger partial charge on any atom is 0.227 e. The SMILES string of the molecule is CCOC[C@@]12CCCO[C@H]1CCN(C(=O)Cc1cccs1)C2. The van der Waals surface area contributed by atoms with Gasteiger partial charge in [0.05, 0.1) is 19.1 Å². The van der Waals surface area contributed by atoms with Gasteiger partial charge in [-0.1, -0.05) is 6.07 Å². The fourth-order valence-electron chi connectivity index (χ4n) is 3.69. The van der Waals surface area contributed by atoms with Crippen molar-refractivity contribution in [3.63, 3.8) is 0 Å². The molecule has 1 amide bonds. The normalized spacial score (nSPS) is 28.4. The van der Waals surface area contributed by atoms with Gasteiger partial charge < -0.3 is 14.4 Å². The van der Waals surface area contributed by atoms with E-state index in [1.807, 2.05) is 29.3 Å². The number of carbonyl (C=O) groups is 1. The van der Waals surface area contributed by atoms with Gasteiger partial charge >= 0.3 is 0 Å². The van der Waals surface area contributed by atoms with Gasteiger partial charge in [-0.25, -0.2) is 0 Å². The highest BCUT2D eigenvalue weighted by Gasteiger charge is 2.47. The largest absolute Gasteiger partial charge is 0.381 e. The summed E-state index contributed by atoms with van der Waals surface area (Å²) in [5.74, 6) is 0.238. The Hall–Kier alpha value is -0.910. The number of rotatable bonds is 5. The van der Waals surface area contributed by atoms with E-state index < -0.39 is 0 Å². The predicted octanol–water partition coefficient (Wildman–Crippen LogP) is 2.72. The summed E-state index contributed by atoms with van der Waals surface area (Å²) in [6.07, 6.45) is 3.87. The van der Waals surface area contributed by atoms with Crippen LogP contribution in [0.3, 0.4) is 0 Å². The molecule has 0 radical (unpaired) electrons. The van der Waals surface area contributed by atoms with Crippen molar-refractivity contribution < 1.29 is 14.3 Å². The van der Waals surface area contributed by atoms with Crippen molar-refractivity contribution in [2.24, 2.45) is 5.41 Å². The first-order valence-corrected chi connectivity index (χ1v) is 9.11. The molecule has 3 rings (SSSR count). The molecule has 0 N–H and O–H groups in total. The van der Waals surface area contributed by atoms with Crippen molar-refractivity contribution in [3.05, 3.63) is 22.4 Å². The molecule has 0 saturated carbocycles. The fraction of sp³-hybridized carbons (Fsp3) is 0.706. The summed E-state index contributed by atoms with van der Waals surface area (Å²) < 4.78 is 11.8. The molecule has 1 aromatic rings. The first kappa shape index (κ1) is 16.0. The Labute approximate surface area is 136 Å². The average Bonchev–Trinajstić information content (AvgIpc) is 3.05. The molecule has 2 atom stereocenters. The molecule has 2 fully saturated rings. The first-order valence-electron chi connectivity index (χ1n) is 8.23. The van der Waals surface area contributed by atoms with Crippen molar-refractivity contribution in [1.29, 1.82) is 0 Å². The maximum absolute atomic E-state index is 12.6. The number of hydrogen-bond donors (Lipinski definition) is 0. The minimum atomic E-state index is -0.00236. The van der Waals surface area contributed by atoms with Crippen LogP contribution in [0.15, 0.2) is 17.5 Å². The third-order valence-electron chi connectivity index (χ3n) is 4.84. The van der Waals surface area contributed by atoms with Crippen molar-refractivity contribution >= 4 is 17.2 Å². The lowest BCUT2D eigenvalue weighted by molar-refractivity contribution is -0.163. The van der Waals surface area contributed by atoms with Crippen LogP contribution in [0.1, 0.15) is 31.1 Å². The first-order chi connectivity index (χ1) is 10.7. The molecule has 5 heteroatoms. The molecule has 1 aromatic heterocycles. The van der Waals surface area contributed by atoms with E-state index in [9.17, 15) is 4.79 Å². The van der Waals surface area contributed by atoms with E-state index in [-0.39, 0.29) is 17.4 Å². The van der Waals surface area contributed by atoms with Gasteiger partial charge in [0.1, 0.15) is 0 Å². The summed E-state index contributed by atoms with van der Waals surface area (Å²) in [6.45, 7) is 5.89. The monoisotopic (exact) mass is 323 g/mol. The molecule has 0 unspecified atom stereocenters. The molecule has 0 spiro atoms. The zero-order chi connectivity index (χ0) is 15.4. The topological polar surface area (TPSA) is 38.8 Å². The summed E-state index contributed by atoms with van der Waals surface area (Å²) in [5.41, 5.74) is -0.00236. The van der Waals surface area contributed by atoms with Crippen LogP contribution in [0.25, 0.3) is 0 Å². The third kappa shape index (κ3) is 3.36. The van der Waals surface area contributed by atoms with Crippen LogP contribution in [0.4, 0.5) is 0 Å². The fourth-order valence-corrected chi connectivity index (χ4v) is 4.39. The number of carbonyl (C=O) groups excluding carboxylic acids is 1. The number of piperidine rings is 1. The van der Waals surface area contributed by atoms with Crippen LogP contribution in [-0.4, -0.2) is 49.8 Å². The Morgan fingerprint density at radius 1 is 1.59 bits per heavy atom. The number of thiophene rings is 1. The third-order valence-corrected chi connectivity index (χ3v) is 5.72. The lowest BCUT2D eigenvalue weighted by atomic mass is 9.73. The smallest absolute Gasteiger partial charge is 0.227 e. The number of amides is 1. The number of ether oxygens (including phenoxy) is 2.